The van der Waals surface area contributed by atoms with E-state index in [9.17, 15) is 4.39 Å². The molecule has 0 spiro atoms. The fraction of sp³-hybridized carbons (Fsp3) is 0.474. The Morgan fingerprint density at radius 1 is 1.42 bits per heavy atom. The Morgan fingerprint density at radius 2 is 2.27 bits per heavy atom. The third kappa shape index (κ3) is 2.70. The number of methoxy groups -OCH3 is 1. The average Bonchev–Trinajstić information content (AvgIpc) is 3.32. The monoisotopic (exact) mass is 374 g/mol. The molecule has 0 unspecified atom stereocenters. The van der Waals surface area contributed by atoms with Gasteiger partial charge in [-0.1, -0.05) is 6.92 Å². The summed E-state index contributed by atoms with van der Waals surface area (Å²) in [5.41, 5.74) is 1.56. The smallest absolute Gasteiger partial charge is 0.168 e. The molecule has 0 amide bonds. The van der Waals surface area contributed by atoms with E-state index in [1.165, 1.54) is 17.7 Å². The quantitative estimate of drug-likeness (QED) is 0.736. The zero-order chi connectivity index (χ0) is 18.3. The molecule has 0 saturated carbocycles. The predicted molar refractivity (Wildman–Crippen MR) is 105 cm³/mol. The number of rotatable bonds is 5. The van der Waals surface area contributed by atoms with Gasteiger partial charge >= 0.3 is 0 Å². The molecule has 1 fully saturated rings. The number of nitrogens with one attached hydrogen (secondary N) is 1. The van der Waals surface area contributed by atoms with Crippen molar-refractivity contribution in [1.29, 1.82) is 0 Å². The highest BCUT2D eigenvalue weighted by Crippen LogP contribution is 2.40. The normalized spacial score (nSPS) is 18.8. The van der Waals surface area contributed by atoms with Crippen molar-refractivity contribution in [2.45, 2.75) is 25.8 Å². The van der Waals surface area contributed by atoms with E-state index in [0.717, 1.165) is 31.6 Å². The summed E-state index contributed by atoms with van der Waals surface area (Å²) in [5.74, 6) is 0.970. The second-order valence-electron chi connectivity index (χ2n) is 6.78. The Hall–Kier alpha value is -1.99. The van der Waals surface area contributed by atoms with Crippen LogP contribution in [0.3, 0.4) is 0 Å². The lowest BCUT2D eigenvalue weighted by molar-refractivity contribution is 0.390. The molecule has 2 aromatic heterocycles. The summed E-state index contributed by atoms with van der Waals surface area (Å²) in [5, 5.41) is 4.38. The van der Waals surface area contributed by atoms with E-state index in [0.29, 0.717) is 38.8 Å². The zero-order valence-corrected chi connectivity index (χ0v) is 16.1. The van der Waals surface area contributed by atoms with Crippen LogP contribution in [0.2, 0.25) is 0 Å². The van der Waals surface area contributed by atoms with Crippen molar-refractivity contribution in [1.82, 2.24) is 14.7 Å². The Balaban J connectivity index is 1.78. The van der Waals surface area contributed by atoms with Crippen LogP contribution in [0, 0.1) is 11.7 Å². The summed E-state index contributed by atoms with van der Waals surface area (Å²) in [7, 11) is 3.66. The maximum absolute atomic E-state index is 14.8. The molecule has 3 aromatic rings. The highest BCUT2D eigenvalue weighted by molar-refractivity contribution is 7.12. The minimum atomic E-state index is -0.274. The van der Waals surface area contributed by atoms with Crippen LogP contribution in [0.1, 0.15) is 19.8 Å². The predicted octanol–water partition coefficient (Wildman–Crippen LogP) is 3.82. The summed E-state index contributed by atoms with van der Waals surface area (Å²) in [4.78, 5) is 7.58. The molecule has 1 aliphatic heterocycles. The van der Waals surface area contributed by atoms with Crippen molar-refractivity contribution in [3.05, 3.63) is 24.1 Å². The molecule has 1 aliphatic rings. The summed E-state index contributed by atoms with van der Waals surface area (Å²) < 4.78 is 24.6. The minimum absolute atomic E-state index is 0.274. The van der Waals surface area contributed by atoms with E-state index < -0.39 is 0 Å². The maximum Gasteiger partial charge on any atom is 0.168 e. The molecule has 2 atom stereocenters. The van der Waals surface area contributed by atoms with Gasteiger partial charge in [0, 0.05) is 24.5 Å². The molecule has 138 valence electrons. The molecule has 1 N–H and O–H groups in total. The number of nitrogens with zero attached hydrogens (tertiary/aromatic N) is 3. The van der Waals surface area contributed by atoms with Crippen molar-refractivity contribution >= 4 is 38.3 Å². The van der Waals surface area contributed by atoms with Gasteiger partial charge in [-0.15, -0.1) is 0 Å². The molecular formula is C19H23FN4OS. The second-order valence-corrected chi connectivity index (χ2v) is 7.56. The van der Waals surface area contributed by atoms with Crippen molar-refractivity contribution in [2.24, 2.45) is 5.92 Å². The highest BCUT2D eigenvalue weighted by atomic mass is 32.1. The van der Waals surface area contributed by atoms with Gasteiger partial charge in [-0.2, -0.15) is 4.37 Å². The number of hydrogen-bond donors (Lipinski definition) is 1. The molecule has 4 rings (SSSR count). The first-order valence-corrected chi connectivity index (χ1v) is 9.78. The molecule has 7 heteroatoms. The van der Waals surface area contributed by atoms with E-state index in [1.807, 2.05) is 19.2 Å². The van der Waals surface area contributed by atoms with Gasteiger partial charge in [0.05, 0.1) is 24.4 Å². The van der Waals surface area contributed by atoms with Crippen molar-refractivity contribution < 1.29 is 9.13 Å². The first kappa shape index (κ1) is 17.4. The van der Waals surface area contributed by atoms with Crippen molar-refractivity contribution in [2.75, 3.05) is 32.1 Å². The molecular weight excluding hydrogens is 351 g/mol. The molecule has 26 heavy (non-hydrogen) atoms. The Labute approximate surface area is 156 Å². The molecule has 0 aliphatic carbocycles. The number of hydrogen-bond acceptors (Lipinski definition) is 6. The molecule has 1 aromatic carbocycles. The van der Waals surface area contributed by atoms with Crippen molar-refractivity contribution in [3.8, 4) is 5.75 Å². The topological polar surface area (TPSA) is 50.3 Å². The van der Waals surface area contributed by atoms with Gasteiger partial charge in [0.15, 0.2) is 5.75 Å². The summed E-state index contributed by atoms with van der Waals surface area (Å²) in [6.45, 7) is 4.15. The Kier molecular flexibility index (Phi) is 4.67. The number of anilines is 1. The van der Waals surface area contributed by atoms with Gasteiger partial charge in [-0.05, 0) is 49.5 Å². The first-order chi connectivity index (χ1) is 12.7. The van der Waals surface area contributed by atoms with Gasteiger partial charge in [0.1, 0.15) is 16.2 Å². The third-order valence-electron chi connectivity index (χ3n) is 5.50. The van der Waals surface area contributed by atoms with Crippen LogP contribution in [0.25, 0.3) is 21.1 Å². The van der Waals surface area contributed by atoms with E-state index in [4.69, 9.17) is 4.74 Å². The third-order valence-corrected chi connectivity index (χ3v) is 6.19. The van der Waals surface area contributed by atoms with Gasteiger partial charge in [0.2, 0.25) is 0 Å². The Morgan fingerprint density at radius 3 is 3.00 bits per heavy atom. The van der Waals surface area contributed by atoms with Crippen LogP contribution in [-0.2, 0) is 0 Å². The van der Waals surface area contributed by atoms with Crippen LogP contribution in [0.5, 0.6) is 5.75 Å². The fourth-order valence-corrected chi connectivity index (χ4v) is 4.75. The van der Waals surface area contributed by atoms with Crippen LogP contribution in [0.15, 0.2) is 18.3 Å². The standard InChI is InChI=1S/C19H23FN4OS/c1-4-14(21-2)11-7-8-24(10-11)15-6-5-12-16(20)13-9-22-26-19(13)23-17(12)18(15)25-3/h5-6,9,11,14,21H,4,7-8,10H2,1-3H3/t11-,14-/m1/s1. The van der Waals surface area contributed by atoms with E-state index in [1.54, 1.807) is 7.11 Å². The lowest BCUT2D eigenvalue weighted by Gasteiger charge is -2.25. The van der Waals surface area contributed by atoms with E-state index in [-0.39, 0.29) is 5.82 Å². The maximum atomic E-state index is 14.8. The Bertz CT molecular complexity index is 940. The molecule has 5 nitrogen and oxygen atoms in total. The van der Waals surface area contributed by atoms with Crippen LogP contribution in [0.4, 0.5) is 10.1 Å². The molecule has 0 radical (unpaired) electrons. The van der Waals surface area contributed by atoms with Gasteiger partial charge in [-0.25, -0.2) is 9.37 Å². The number of fused-ring (bicyclic) bond motifs is 2. The van der Waals surface area contributed by atoms with E-state index >= 15 is 0 Å². The number of pyridine rings is 1. The highest BCUT2D eigenvalue weighted by Gasteiger charge is 2.30. The van der Waals surface area contributed by atoms with Gasteiger partial charge in [-0.3, -0.25) is 0 Å². The number of aromatic nitrogens is 2. The molecule has 1 saturated heterocycles. The number of benzene rings is 1. The zero-order valence-electron chi connectivity index (χ0n) is 15.3. The average molecular weight is 374 g/mol. The van der Waals surface area contributed by atoms with E-state index in [2.05, 4.69) is 26.5 Å². The SMILES string of the molecule is CC[C@@H](NC)[C@@H]1CCN(c2ccc3c(F)c4cnsc4nc3c2OC)C1. The summed E-state index contributed by atoms with van der Waals surface area (Å²) in [6.07, 6.45) is 3.78. The lowest BCUT2D eigenvalue weighted by Crippen LogP contribution is -2.34. The summed E-state index contributed by atoms with van der Waals surface area (Å²) >= 11 is 1.21. The number of ether oxygens (including phenoxy) is 1. The van der Waals surface area contributed by atoms with Crippen molar-refractivity contribution in [3.63, 3.8) is 0 Å². The number of halogens is 1. The fourth-order valence-electron chi connectivity index (χ4n) is 4.12. The largest absolute Gasteiger partial charge is 0.492 e. The first-order valence-electron chi connectivity index (χ1n) is 9.00. The van der Waals surface area contributed by atoms with Crippen LogP contribution < -0.4 is 15.0 Å². The minimum Gasteiger partial charge on any atom is -0.492 e. The summed E-state index contributed by atoms with van der Waals surface area (Å²) in [6, 6.07) is 4.29. The van der Waals surface area contributed by atoms with Gasteiger partial charge in [0.25, 0.3) is 0 Å². The van der Waals surface area contributed by atoms with Crippen LogP contribution in [-0.4, -0.2) is 42.6 Å². The second kappa shape index (κ2) is 6.96. The van der Waals surface area contributed by atoms with Crippen LogP contribution >= 0.6 is 11.5 Å². The molecule has 0 bridgehead atoms. The molecule has 3 heterocycles. The lowest BCUT2D eigenvalue weighted by atomic mass is 9.97. The van der Waals surface area contributed by atoms with Gasteiger partial charge < -0.3 is 15.0 Å².